The van der Waals surface area contributed by atoms with Crippen LogP contribution in [0.3, 0.4) is 0 Å². The summed E-state index contributed by atoms with van der Waals surface area (Å²) in [5.41, 5.74) is 2.02. The van der Waals surface area contributed by atoms with E-state index >= 15 is 0 Å². The van der Waals surface area contributed by atoms with Crippen LogP contribution in [-0.2, 0) is 13.1 Å². The van der Waals surface area contributed by atoms with E-state index in [2.05, 4.69) is 29.6 Å². The molecule has 1 unspecified atom stereocenters. The zero-order chi connectivity index (χ0) is 15.5. The maximum Gasteiger partial charge on any atom is 0.147 e. The molecule has 6 nitrogen and oxygen atoms in total. The minimum Gasteiger partial charge on any atom is -0.297 e. The van der Waals surface area contributed by atoms with Gasteiger partial charge in [0.15, 0.2) is 0 Å². The molecular formula is C16H24N6. The quantitative estimate of drug-likeness (QED) is 0.863. The highest BCUT2D eigenvalue weighted by Crippen LogP contribution is 2.20. The van der Waals surface area contributed by atoms with Gasteiger partial charge < -0.3 is 0 Å². The number of nitrogens with zero attached hydrogens (tertiary/aromatic N) is 6. The summed E-state index contributed by atoms with van der Waals surface area (Å²) in [4.78, 5) is 15.7. The predicted molar refractivity (Wildman–Crippen MR) is 84.3 cm³/mol. The van der Waals surface area contributed by atoms with Gasteiger partial charge in [-0.2, -0.15) is 5.10 Å². The Labute approximate surface area is 131 Å². The third-order valence-electron chi connectivity index (χ3n) is 4.22. The Hall–Kier alpha value is -1.82. The number of aromatic nitrogens is 5. The summed E-state index contributed by atoms with van der Waals surface area (Å²) in [5, 5.41) is 4.49. The Morgan fingerprint density at radius 2 is 2.05 bits per heavy atom. The summed E-state index contributed by atoms with van der Waals surface area (Å²) in [6, 6.07) is 0. The van der Waals surface area contributed by atoms with E-state index < -0.39 is 0 Å². The monoisotopic (exact) mass is 300 g/mol. The van der Waals surface area contributed by atoms with Crippen molar-refractivity contribution in [2.24, 2.45) is 5.92 Å². The lowest BCUT2D eigenvalue weighted by molar-refractivity contribution is 0.151. The number of likely N-dealkylation sites (tertiary alicyclic amines) is 1. The highest BCUT2D eigenvalue weighted by atomic mass is 15.3. The van der Waals surface area contributed by atoms with Gasteiger partial charge in [0.2, 0.25) is 0 Å². The standard InChI is InChI=1S/C16H24N6/c1-12-7-18-16(8-17-12)11-21-6-4-5-15(9-21)10-22-14(3)19-13(2)20-22/h7-8,15H,4-6,9-11H2,1-3H3. The van der Waals surface area contributed by atoms with E-state index in [1.165, 1.54) is 12.8 Å². The van der Waals surface area contributed by atoms with Gasteiger partial charge in [-0.25, -0.2) is 9.67 Å². The second kappa shape index (κ2) is 6.52. The highest BCUT2D eigenvalue weighted by Gasteiger charge is 2.21. The summed E-state index contributed by atoms with van der Waals surface area (Å²) in [6.45, 7) is 10.0. The molecule has 22 heavy (non-hydrogen) atoms. The molecule has 0 aliphatic carbocycles. The number of rotatable bonds is 4. The number of aryl methyl sites for hydroxylation is 3. The third kappa shape index (κ3) is 3.68. The maximum absolute atomic E-state index is 4.49. The molecule has 1 fully saturated rings. The van der Waals surface area contributed by atoms with E-state index in [1.54, 1.807) is 0 Å². The average molecular weight is 300 g/mol. The van der Waals surface area contributed by atoms with Crippen molar-refractivity contribution in [2.45, 2.75) is 46.7 Å². The lowest BCUT2D eigenvalue weighted by Crippen LogP contribution is -2.37. The molecule has 2 aromatic heterocycles. The minimum absolute atomic E-state index is 0.631. The first-order valence-corrected chi connectivity index (χ1v) is 7.98. The first kappa shape index (κ1) is 15.1. The van der Waals surface area contributed by atoms with E-state index in [-0.39, 0.29) is 0 Å². The molecule has 1 atom stereocenters. The molecular weight excluding hydrogens is 276 g/mol. The van der Waals surface area contributed by atoms with E-state index in [0.29, 0.717) is 5.92 Å². The fourth-order valence-corrected chi connectivity index (χ4v) is 3.15. The van der Waals surface area contributed by atoms with Crippen LogP contribution in [-0.4, -0.2) is 42.7 Å². The van der Waals surface area contributed by atoms with Gasteiger partial charge in [-0.1, -0.05) is 0 Å². The zero-order valence-corrected chi connectivity index (χ0v) is 13.7. The molecule has 1 aliphatic rings. The Morgan fingerprint density at radius 1 is 1.18 bits per heavy atom. The molecule has 0 amide bonds. The van der Waals surface area contributed by atoms with Crippen LogP contribution in [0.5, 0.6) is 0 Å². The molecule has 0 saturated carbocycles. The van der Waals surface area contributed by atoms with Gasteiger partial charge >= 0.3 is 0 Å². The molecule has 6 heteroatoms. The van der Waals surface area contributed by atoms with Gasteiger partial charge in [0.05, 0.1) is 11.4 Å². The smallest absolute Gasteiger partial charge is 0.147 e. The molecule has 0 bridgehead atoms. The van der Waals surface area contributed by atoms with Crippen molar-refractivity contribution < 1.29 is 0 Å². The molecule has 0 N–H and O–H groups in total. The van der Waals surface area contributed by atoms with Crippen molar-refractivity contribution in [1.29, 1.82) is 0 Å². The van der Waals surface area contributed by atoms with Crippen molar-refractivity contribution in [3.05, 3.63) is 35.4 Å². The highest BCUT2D eigenvalue weighted by molar-refractivity contribution is 5.00. The Morgan fingerprint density at radius 3 is 2.73 bits per heavy atom. The normalized spacial score (nSPS) is 19.5. The molecule has 0 aromatic carbocycles. The zero-order valence-electron chi connectivity index (χ0n) is 13.7. The van der Waals surface area contributed by atoms with Crippen molar-refractivity contribution >= 4 is 0 Å². The first-order chi connectivity index (χ1) is 10.6. The van der Waals surface area contributed by atoms with Gasteiger partial charge in [0.1, 0.15) is 11.6 Å². The van der Waals surface area contributed by atoms with Gasteiger partial charge in [0.25, 0.3) is 0 Å². The molecule has 0 radical (unpaired) electrons. The van der Waals surface area contributed by atoms with Gasteiger partial charge in [-0.15, -0.1) is 0 Å². The summed E-state index contributed by atoms with van der Waals surface area (Å²) in [6.07, 6.45) is 6.23. The van der Waals surface area contributed by atoms with Crippen LogP contribution < -0.4 is 0 Å². The van der Waals surface area contributed by atoms with Crippen LogP contribution in [0.25, 0.3) is 0 Å². The van der Waals surface area contributed by atoms with Crippen LogP contribution in [0.1, 0.15) is 35.9 Å². The molecule has 1 saturated heterocycles. The first-order valence-electron chi connectivity index (χ1n) is 7.98. The van der Waals surface area contributed by atoms with Crippen molar-refractivity contribution in [3.63, 3.8) is 0 Å². The molecule has 1 aliphatic heterocycles. The summed E-state index contributed by atoms with van der Waals surface area (Å²) in [5.74, 6) is 2.51. The largest absolute Gasteiger partial charge is 0.297 e. The lowest BCUT2D eigenvalue weighted by Gasteiger charge is -2.32. The van der Waals surface area contributed by atoms with Crippen LogP contribution in [0.2, 0.25) is 0 Å². The van der Waals surface area contributed by atoms with Crippen LogP contribution in [0.4, 0.5) is 0 Å². The molecule has 0 spiro atoms. The van der Waals surface area contributed by atoms with Gasteiger partial charge in [-0.05, 0) is 46.1 Å². The Bertz CT molecular complexity index is 618. The minimum atomic E-state index is 0.631. The Balaban J connectivity index is 1.59. The van der Waals surface area contributed by atoms with Gasteiger partial charge in [0, 0.05) is 32.0 Å². The lowest BCUT2D eigenvalue weighted by atomic mass is 9.98. The Kier molecular flexibility index (Phi) is 4.47. The predicted octanol–water partition coefficient (Wildman–Crippen LogP) is 1.91. The third-order valence-corrected chi connectivity index (χ3v) is 4.22. The van der Waals surface area contributed by atoms with E-state index in [9.17, 15) is 0 Å². The van der Waals surface area contributed by atoms with E-state index in [0.717, 1.165) is 49.2 Å². The fourth-order valence-electron chi connectivity index (χ4n) is 3.15. The van der Waals surface area contributed by atoms with Crippen LogP contribution >= 0.6 is 0 Å². The van der Waals surface area contributed by atoms with Crippen LogP contribution in [0.15, 0.2) is 12.4 Å². The maximum atomic E-state index is 4.49. The van der Waals surface area contributed by atoms with E-state index in [1.807, 2.05) is 33.2 Å². The summed E-state index contributed by atoms with van der Waals surface area (Å²) >= 11 is 0. The van der Waals surface area contributed by atoms with Crippen molar-refractivity contribution in [1.82, 2.24) is 29.6 Å². The molecule has 3 rings (SSSR count). The molecule has 118 valence electrons. The van der Waals surface area contributed by atoms with Crippen molar-refractivity contribution in [3.8, 4) is 0 Å². The SMILES string of the molecule is Cc1cnc(CN2CCCC(Cn3nc(C)nc3C)C2)cn1. The summed E-state index contributed by atoms with van der Waals surface area (Å²) in [7, 11) is 0. The topological polar surface area (TPSA) is 59.7 Å². The second-order valence-electron chi connectivity index (χ2n) is 6.28. The molecule has 3 heterocycles. The van der Waals surface area contributed by atoms with E-state index in [4.69, 9.17) is 0 Å². The fraction of sp³-hybridized carbons (Fsp3) is 0.625. The summed E-state index contributed by atoms with van der Waals surface area (Å²) < 4.78 is 2.05. The molecule has 2 aromatic rings. The number of hydrogen-bond acceptors (Lipinski definition) is 5. The van der Waals surface area contributed by atoms with Crippen LogP contribution in [0, 0.1) is 26.7 Å². The second-order valence-corrected chi connectivity index (χ2v) is 6.28. The van der Waals surface area contributed by atoms with Crippen molar-refractivity contribution in [2.75, 3.05) is 13.1 Å². The average Bonchev–Trinajstić information content (AvgIpc) is 2.80. The number of piperidine rings is 1. The number of hydrogen-bond donors (Lipinski definition) is 0. The van der Waals surface area contributed by atoms with Gasteiger partial charge in [-0.3, -0.25) is 14.9 Å².